The third-order valence-electron chi connectivity index (χ3n) is 4.56. The van der Waals surface area contributed by atoms with Crippen LogP contribution in [0.4, 0.5) is 0 Å². The van der Waals surface area contributed by atoms with E-state index in [1.165, 1.54) is 19.4 Å². The molecule has 0 N–H and O–H groups in total. The van der Waals surface area contributed by atoms with Gasteiger partial charge in [0.15, 0.2) is 0 Å². The summed E-state index contributed by atoms with van der Waals surface area (Å²) in [7, 11) is 0. The fourth-order valence-electron chi connectivity index (χ4n) is 3.15. The molecule has 23 heavy (non-hydrogen) atoms. The summed E-state index contributed by atoms with van der Waals surface area (Å²) >= 11 is 0. The third kappa shape index (κ3) is 4.71. The van der Waals surface area contributed by atoms with Crippen molar-refractivity contribution < 1.29 is 9.53 Å². The average Bonchev–Trinajstić information content (AvgIpc) is 3.35. The molecule has 1 aromatic rings. The normalized spacial score (nSPS) is 19.7. The molecule has 0 aromatic heterocycles. The van der Waals surface area contributed by atoms with E-state index in [1.54, 1.807) is 0 Å². The van der Waals surface area contributed by atoms with Crippen molar-refractivity contribution in [3.05, 3.63) is 29.8 Å². The molecule has 1 amide bonds. The van der Waals surface area contributed by atoms with Crippen LogP contribution in [0.15, 0.2) is 24.3 Å². The van der Waals surface area contributed by atoms with Crippen LogP contribution in [-0.2, 0) is 0 Å². The number of rotatable bonds is 5. The zero-order chi connectivity index (χ0) is 16.2. The fourth-order valence-corrected chi connectivity index (χ4v) is 3.15. The molecular weight excluding hydrogens is 288 g/mol. The van der Waals surface area contributed by atoms with Gasteiger partial charge in [-0.25, -0.2) is 0 Å². The van der Waals surface area contributed by atoms with Gasteiger partial charge in [0.2, 0.25) is 0 Å². The van der Waals surface area contributed by atoms with Gasteiger partial charge in [-0.15, -0.1) is 0 Å². The predicted octanol–water partition coefficient (Wildman–Crippen LogP) is 3.03. The molecule has 126 valence electrons. The molecule has 0 radical (unpaired) electrons. The lowest BCUT2D eigenvalue weighted by Gasteiger charge is -2.22. The van der Waals surface area contributed by atoms with Gasteiger partial charge in [0, 0.05) is 31.7 Å². The fraction of sp³-hybridized carbons (Fsp3) is 0.632. The van der Waals surface area contributed by atoms with Crippen molar-refractivity contribution in [1.29, 1.82) is 0 Å². The van der Waals surface area contributed by atoms with Crippen molar-refractivity contribution in [2.75, 3.05) is 32.7 Å². The second-order valence-electron chi connectivity index (χ2n) is 7.08. The Morgan fingerprint density at radius 2 is 1.87 bits per heavy atom. The second-order valence-corrected chi connectivity index (χ2v) is 7.08. The van der Waals surface area contributed by atoms with Crippen LogP contribution in [0.25, 0.3) is 0 Å². The summed E-state index contributed by atoms with van der Waals surface area (Å²) in [6.45, 7) is 9.08. The maximum absolute atomic E-state index is 12.7. The van der Waals surface area contributed by atoms with Crippen LogP contribution in [0, 0.1) is 5.92 Å². The molecule has 1 heterocycles. The number of hydrogen-bond acceptors (Lipinski definition) is 3. The maximum atomic E-state index is 12.7. The van der Waals surface area contributed by atoms with Gasteiger partial charge in [0.1, 0.15) is 5.75 Å². The smallest absolute Gasteiger partial charge is 0.253 e. The Morgan fingerprint density at radius 3 is 2.52 bits per heavy atom. The van der Waals surface area contributed by atoms with Crippen molar-refractivity contribution in [2.24, 2.45) is 5.92 Å². The summed E-state index contributed by atoms with van der Waals surface area (Å²) in [4.78, 5) is 17.2. The van der Waals surface area contributed by atoms with E-state index >= 15 is 0 Å². The number of carbonyl (C=O) groups is 1. The lowest BCUT2D eigenvalue weighted by molar-refractivity contribution is 0.0761. The van der Waals surface area contributed by atoms with Gasteiger partial charge in [-0.3, -0.25) is 4.79 Å². The molecule has 4 heteroatoms. The molecule has 1 aromatic carbocycles. The molecule has 4 nitrogen and oxygen atoms in total. The van der Waals surface area contributed by atoms with Crippen LogP contribution >= 0.6 is 0 Å². The van der Waals surface area contributed by atoms with Gasteiger partial charge in [0.05, 0.1) is 6.10 Å². The highest BCUT2D eigenvalue weighted by molar-refractivity contribution is 5.94. The molecule has 1 saturated heterocycles. The molecular formula is C19H28N2O2. The number of carbonyl (C=O) groups excluding carboxylic acids is 1. The highest BCUT2D eigenvalue weighted by atomic mass is 16.5. The van der Waals surface area contributed by atoms with Crippen molar-refractivity contribution in [1.82, 2.24) is 9.80 Å². The second kappa shape index (κ2) is 7.35. The van der Waals surface area contributed by atoms with E-state index in [2.05, 4.69) is 4.90 Å². The monoisotopic (exact) mass is 316 g/mol. The summed E-state index contributed by atoms with van der Waals surface area (Å²) in [6, 6.07) is 7.55. The van der Waals surface area contributed by atoms with E-state index in [4.69, 9.17) is 4.74 Å². The Bertz CT molecular complexity index is 523. The Kier molecular flexibility index (Phi) is 5.21. The lowest BCUT2D eigenvalue weighted by atomic mass is 10.2. The van der Waals surface area contributed by atoms with Gasteiger partial charge >= 0.3 is 0 Å². The minimum absolute atomic E-state index is 0.148. The van der Waals surface area contributed by atoms with E-state index in [-0.39, 0.29) is 12.0 Å². The van der Waals surface area contributed by atoms with Crippen molar-refractivity contribution in [2.45, 2.75) is 39.2 Å². The predicted molar refractivity (Wildman–Crippen MR) is 91.9 cm³/mol. The van der Waals surface area contributed by atoms with E-state index < -0.39 is 0 Å². The topological polar surface area (TPSA) is 32.8 Å². The molecule has 0 atom stereocenters. The molecule has 0 unspecified atom stereocenters. The van der Waals surface area contributed by atoms with Crippen LogP contribution < -0.4 is 4.74 Å². The largest absolute Gasteiger partial charge is 0.491 e. The Labute approximate surface area is 139 Å². The van der Waals surface area contributed by atoms with Crippen molar-refractivity contribution >= 4 is 5.91 Å². The van der Waals surface area contributed by atoms with Gasteiger partial charge in [-0.1, -0.05) is 0 Å². The first kappa shape index (κ1) is 16.3. The van der Waals surface area contributed by atoms with Gasteiger partial charge in [-0.2, -0.15) is 0 Å². The molecule has 1 aliphatic carbocycles. The third-order valence-corrected chi connectivity index (χ3v) is 4.56. The van der Waals surface area contributed by atoms with E-state index in [1.807, 2.05) is 43.0 Å². The standard InChI is InChI=1S/C19H28N2O2/c1-15(2)23-18-8-6-17(7-9-18)19(22)21-11-3-10-20(12-13-21)14-16-4-5-16/h6-9,15-16H,3-5,10-14H2,1-2H3. The first-order valence-corrected chi connectivity index (χ1v) is 8.90. The first-order valence-electron chi connectivity index (χ1n) is 8.90. The summed E-state index contributed by atoms with van der Waals surface area (Å²) in [5, 5.41) is 0. The highest BCUT2D eigenvalue weighted by Crippen LogP contribution is 2.30. The van der Waals surface area contributed by atoms with Gasteiger partial charge in [-0.05, 0) is 69.8 Å². The Balaban J connectivity index is 1.56. The molecule has 1 aliphatic heterocycles. The number of hydrogen-bond donors (Lipinski definition) is 0. The number of benzene rings is 1. The molecule has 0 spiro atoms. The maximum Gasteiger partial charge on any atom is 0.253 e. The van der Waals surface area contributed by atoms with E-state index in [0.717, 1.165) is 49.8 Å². The number of ether oxygens (including phenoxy) is 1. The van der Waals surface area contributed by atoms with Crippen LogP contribution in [-0.4, -0.2) is 54.5 Å². The number of amides is 1. The van der Waals surface area contributed by atoms with Crippen LogP contribution in [0.5, 0.6) is 5.75 Å². The molecule has 0 bridgehead atoms. The zero-order valence-corrected chi connectivity index (χ0v) is 14.3. The first-order chi connectivity index (χ1) is 11.1. The minimum atomic E-state index is 0.148. The average molecular weight is 316 g/mol. The van der Waals surface area contributed by atoms with E-state index in [9.17, 15) is 4.79 Å². The highest BCUT2D eigenvalue weighted by Gasteiger charge is 2.26. The van der Waals surface area contributed by atoms with Crippen molar-refractivity contribution in [3.63, 3.8) is 0 Å². The Morgan fingerprint density at radius 1 is 1.13 bits per heavy atom. The lowest BCUT2D eigenvalue weighted by Crippen LogP contribution is -2.35. The van der Waals surface area contributed by atoms with Crippen LogP contribution in [0.1, 0.15) is 43.5 Å². The minimum Gasteiger partial charge on any atom is -0.491 e. The molecule has 1 saturated carbocycles. The summed E-state index contributed by atoms with van der Waals surface area (Å²) < 4.78 is 5.64. The quantitative estimate of drug-likeness (QED) is 0.837. The zero-order valence-electron chi connectivity index (χ0n) is 14.3. The SMILES string of the molecule is CC(C)Oc1ccc(C(=O)N2CCCN(CC3CC3)CC2)cc1. The van der Waals surface area contributed by atoms with Gasteiger partial charge < -0.3 is 14.5 Å². The van der Waals surface area contributed by atoms with Crippen molar-refractivity contribution in [3.8, 4) is 5.75 Å². The Hall–Kier alpha value is -1.55. The van der Waals surface area contributed by atoms with Gasteiger partial charge in [0.25, 0.3) is 5.91 Å². The summed E-state index contributed by atoms with van der Waals surface area (Å²) in [6.07, 6.45) is 4.01. The van der Waals surface area contributed by atoms with Crippen LogP contribution in [0.3, 0.4) is 0 Å². The summed E-state index contributed by atoms with van der Waals surface area (Å²) in [5.74, 6) is 1.89. The molecule has 2 fully saturated rings. The summed E-state index contributed by atoms with van der Waals surface area (Å²) in [5.41, 5.74) is 0.761. The molecule has 2 aliphatic rings. The van der Waals surface area contributed by atoms with E-state index in [0.29, 0.717) is 0 Å². The molecule has 3 rings (SSSR count). The van der Waals surface area contributed by atoms with Crippen LogP contribution in [0.2, 0.25) is 0 Å². The number of nitrogens with zero attached hydrogens (tertiary/aromatic N) is 2.